The molecular weight excluding hydrogens is 202 g/mol. The lowest BCUT2D eigenvalue weighted by molar-refractivity contribution is 0.416. The largest absolute Gasteiger partial charge is 0.496 e. The van der Waals surface area contributed by atoms with Crippen LogP contribution in [-0.2, 0) is 0 Å². The zero-order valence-corrected chi connectivity index (χ0v) is 9.73. The summed E-state index contributed by atoms with van der Waals surface area (Å²) in [7, 11) is 1.66. The van der Waals surface area contributed by atoms with E-state index < -0.39 is 0 Å². The molecule has 1 aromatic heterocycles. The summed E-state index contributed by atoms with van der Waals surface area (Å²) in [5.74, 6) is 1.30. The molecule has 16 heavy (non-hydrogen) atoms. The van der Waals surface area contributed by atoms with Crippen molar-refractivity contribution in [3.8, 4) is 17.0 Å². The van der Waals surface area contributed by atoms with Gasteiger partial charge < -0.3 is 9.15 Å². The molecule has 0 atom stereocenters. The van der Waals surface area contributed by atoms with Crippen LogP contribution in [0.25, 0.3) is 11.3 Å². The zero-order valence-electron chi connectivity index (χ0n) is 9.73. The highest BCUT2D eigenvalue weighted by Crippen LogP contribution is 2.31. The molecule has 0 N–H and O–H groups in total. The summed E-state index contributed by atoms with van der Waals surface area (Å²) in [5, 5.41) is 0. The third-order valence-corrected chi connectivity index (χ3v) is 2.60. The first-order valence-electron chi connectivity index (χ1n) is 5.29. The molecule has 1 aromatic carbocycles. The molecule has 0 fully saturated rings. The fourth-order valence-electron chi connectivity index (χ4n) is 1.63. The summed E-state index contributed by atoms with van der Waals surface area (Å²) in [6.45, 7) is 4.32. The lowest BCUT2D eigenvalue weighted by atomic mass is 9.99. The van der Waals surface area contributed by atoms with Crippen molar-refractivity contribution in [1.29, 1.82) is 0 Å². The number of nitrogens with zero attached hydrogens (tertiary/aromatic N) is 1. The maximum Gasteiger partial charge on any atom is 0.181 e. The second kappa shape index (κ2) is 4.39. The monoisotopic (exact) mass is 217 g/mol. The van der Waals surface area contributed by atoms with Crippen LogP contribution in [0.2, 0.25) is 0 Å². The van der Waals surface area contributed by atoms with Crippen LogP contribution >= 0.6 is 0 Å². The van der Waals surface area contributed by atoms with E-state index in [2.05, 4.69) is 31.0 Å². The summed E-state index contributed by atoms with van der Waals surface area (Å²) in [5.41, 5.74) is 3.04. The predicted octanol–water partition coefficient (Wildman–Crippen LogP) is 3.47. The Labute approximate surface area is 95.1 Å². The van der Waals surface area contributed by atoms with Gasteiger partial charge in [-0.1, -0.05) is 19.9 Å². The van der Waals surface area contributed by atoms with E-state index in [0.717, 1.165) is 17.0 Å². The van der Waals surface area contributed by atoms with E-state index in [1.54, 1.807) is 13.4 Å². The summed E-state index contributed by atoms with van der Waals surface area (Å²) < 4.78 is 10.3. The molecular formula is C13H15NO2. The fraction of sp³-hybridized carbons (Fsp3) is 0.308. The van der Waals surface area contributed by atoms with Crippen LogP contribution in [-0.4, -0.2) is 12.1 Å². The minimum absolute atomic E-state index is 0.483. The topological polar surface area (TPSA) is 35.3 Å². The van der Waals surface area contributed by atoms with E-state index in [1.165, 1.54) is 12.0 Å². The minimum atomic E-state index is 0.483. The van der Waals surface area contributed by atoms with Crippen LogP contribution in [0.3, 0.4) is 0 Å². The van der Waals surface area contributed by atoms with Crippen molar-refractivity contribution in [3.63, 3.8) is 0 Å². The van der Waals surface area contributed by atoms with Crippen molar-refractivity contribution in [3.05, 3.63) is 36.4 Å². The van der Waals surface area contributed by atoms with Gasteiger partial charge in [0.2, 0.25) is 0 Å². The van der Waals surface area contributed by atoms with E-state index in [0.29, 0.717) is 5.92 Å². The van der Waals surface area contributed by atoms with Gasteiger partial charge in [0.15, 0.2) is 6.39 Å². The van der Waals surface area contributed by atoms with Gasteiger partial charge in [-0.25, -0.2) is 4.98 Å². The molecule has 0 aliphatic rings. The molecule has 0 saturated heterocycles. The lowest BCUT2D eigenvalue weighted by Crippen LogP contribution is -1.92. The maximum atomic E-state index is 5.32. The van der Waals surface area contributed by atoms with E-state index in [9.17, 15) is 0 Å². The standard InChI is InChI=1S/C13H15NO2/c1-9(2)10-4-5-13(15-3)11(6-10)12-7-16-8-14-12/h4-9H,1-3H3. The third-order valence-electron chi connectivity index (χ3n) is 2.60. The number of aromatic nitrogens is 1. The van der Waals surface area contributed by atoms with Crippen LogP contribution in [0.1, 0.15) is 25.3 Å². The SMILES string of the molecule is COc1ccc(C(C)C)cc1-c1cocn1. The summed E-state index contributed by atoms with van der Waals surface area (Å²) in [6, 6.07) is 6.15. The van der Waals surface area contributed by atoms with Crippen LogP contribution in [0, 0.1) is 0 Å². The Morgan fingerprint density at radius 3 is 2.69 bits per heavy atom. The fourth-order valence-corrected chi connectivity index (χ4v) is 1.63. The Balaban J connectivity index is 2.52. The second-order valence-electron chi connectivity index (χ2n) is 3.99. The number of methoxy groups -OCH3 is 1. The minimum Gasteiger partial charge on any atom is -0.496 e. The summed E-state index contributed by atoms with van der Waals surface area (Å²) >= 11 is 0. The van der Waals surface area contributed by atoms with Gasteiger partial charge in [0, 0.05) is 5.56 Å². The molecule has 0 aliphatic carbocycles. The predicted molar refractivity (Wildman–Crippen MR) is 62.6 cm³/mol. The van der Waals surface area contributed by atoms with Crippen molar-refractivity contribution in [1.82, 2.24) is 4.98 Å². The summed E-state index contributed by atoms with van der Waals surface area (Å²) in [6.07, 6.45) is 3.05. The molecule has 3 nitrogen and oxygen atoms in total. The smallest absolute Gasteiger partial charge is 0.181 e. The quantitative estimate of drug-likeness (QED) is 0.789. The van der Waals surface area contributed by atoms with Crippen LogP contribution in [0.15, 0.2) is 35.3 Å². The number of oxazole rings is 1. The molecule has 0 amide bonds. The van der Waals surface area contributed by atoms with Gasteiger partial charge in [0.25, 0.3) is 0 Å². The van der Waals surface area contributed by atoms with E-state index in [4.69, 9.17) is 9.15 Å². The molecule has 0 aliphatic heterocycles. The summed E-state index contributed by atoms with van der Waals surface area (Å²) in [4.78, 5) is 4.15. The van der Waals surface area contributed by atoms with Crippen LogP contribution in [0.4, 0.5) is 0 Å². The second-order valence-corrected chi connectivity index (χ2v) is 3.99. The first-order chi connectivity index (χ1) is 7.72. The Hall–Kier alpha value is -1.77. The Morgan fingerprint density at radius 1 is 1.31 bits per heavy atom. The van der Waals surface area contributed by atoms with Crippen molar-refractivity contribution >= 4 is 0 Å². The van der Waals surface area contributed by atoms with Crippen molar-refractivity contribution in [2.45, 2.75) is 19.8 Å². The molecule has 84 valence electrons. The lowest BCUT2D eigenvalue weighted by Gasteiger charge is -2.10. The number of benzene rings is 1. The van der Waals surface area contributed by atoms with Gasteiger partial charge in [-0.15, -0.1) is 0 Å². The van der Waals surface area contributed by atoms with Gasteiger partial charge in [0.05, 0.1) is 7.11 Å². The van der Waals surface area contributed by atoms with Crippen molar-refractivity contribution < 1.29 is 9.15 Å². The van der Waals surface area contributed by atoms with Gasteiger partial charge in [-0.3, -0.25) is 0 Å². The first-order valence-corrected chi connectivity index (χ1v) is 5.29. The van der Waals surface area contributed by atoms with E-state index in [1.807, 2.05) is 6.07 Å². The van der Waals surface area contributed by atoms with Gasteiger partial charge in [-0.2, -0.15) is 0 Å². The molecule has 2 aromatic rings. The first kappa shape index (κ1) is 10.7. The Morgan fingerprint density at radius 2 is 2.12 bits per heavy atom. The average molecular weight is 217 g/mol. The molecule has 1 heterocycles. The maximum absolute atomic E-state index is 5.32. The normalized spacial score (nSPS) is 10.8. The third kappa shape index (κ3) is 1.94. The van der Waals surface area contributed by atoms with Gasteiger partial charge in [-0.05, 0) is 23.6 Å². The van der Waals surface area contributed by atoms with Gasteiger partial charge >= 0.3 is 0 Å². The molecule has 0 bridgehead atoms. The van der Waals surface area contributed by atoms with Crippen LogP contribution in [0.5, 0.6) is 5.75 Å². The highest BCUT2D eigenvalue weighted by Gasteiger charge is 2.10. The van der Waals surface area contributed by atoms with Crippen molar-refractivity contribution in [2.24, 2.45) is 0 Å². The van der Waals surface area contributed by atoms with Crippen molar-refractivity contribution in [2.75, 3.05) is 7.11 Å². The molecule has 3 heteroatoms. The Kier molecular flexibility index (Phi) is 2.95. The Bertz CT molecular complexity index is 461. The molecule has 0 spiro atoms. The highest BCUT2D eigenvalue weighted by molar-refractivity contribution is 5.67. The number of hydrogen-bond acceptors (Lipinski definition) is 3. The van der Waals surface area contributed by atoms with Gasteiger partial charge in [0.1, 0.15) is 17.7 Å². The number of ether oxygens (including phenoxy) is 1. The zero-order chi connectivity index (χ0) is 11.5. The number of hydrogen-bond donors (Lipinski definition) is 0. The molecule has 0 unspecified atom stereocenters. The number of rotatable bonds is 3. The molecule has 2 rings (SSSR count). The molecule has 0 saturated carbocycles. The molecule has 0 radical (unpaired) electrons. The van der Waals surface area contributed by atoms with E-state index >= 15 is 0 Å². The average Bonchev–Trinajstić information content (AvgIpc) is 2.81. The highest BCUT2D eigenvalue weighted by atomic mass is 16.5. The van der Waals surface area contributed by atoms with E-state index in [-0.39, 0.29) is 0 Å². The van der Waals surface area contributed by atoms with Crippen LogP contribution < -0.4 is 4.74 Å².